The molecule has 1 aromatic carbocycles. The number of carbonyl (C=O) groups excluding carboxylic acids is 2. The van der Waals surface area contributed by atoms with Crippen molar-refractivity contribution >= 4 is 23.0 Å². The zero-order valence-corrected chi connectivity index (χ0v) is 16.0. The van der Waals surface area contributed by atoms with Crippen LogP contribution in [-0.4, -0.2) is 30.0 Å². The molecule has 146 valence electrons. The Kier molecular flexibility index (Phi) is 6.64. The minimum Gasteiger partial charge on any atom is -0.406 e. The highest BCUT2D eigenvalue weighted by atomic mass is 32.1. The molecule has 0 aliphatic rings. The van der Waals surface area contributed by atoms with E-state index in [-0.39, 0.29) is 36.8 Å². The maximum atomic E-state index is 12.2. The minimum atomic E-state index is -4.74. The van der Waals surface area contributed by atoms with Crippen LogP contribution in [0, 0.1) is 13.8 Å². The van der Waals surface area contributed by atoms with Crippen LogP contribution in [0.4, 0.5) is 13.2 Å². The number of alkyl halides is 3. The predicted molar refractivity (Wildman–Crippen MR) is 97.0 cm³/mol. The van der Waals surface area contributed by atoms with Crippen molar-refractivity contribution < 1.29 is 27.5 Å². The number of rotatable bonds is 7. The second-order valence-corrected chi connectivity index (χ2v) is 7.65. The van der Waals surface area contributed by atoms with Gasteiger partial charge in [-0.15, -0.1) is 24.5 Å². The van der Waals surface area contributed by atoms with Gasteiger partial charge in [-0.2, -0.15) is 0 Å². The summed E-state index contributed by atoms with van der Waals surface area (Å²) in [6.45, 7) is 4.04. The van der Waals surface area contributed by atoms with Gasteiger partial charge in [-0.1, -0.05) is 12.1 Å². The third-order valence-electron chi connectivity index (χ3n) is 3.91. The highest BCUT2D eigenvalue weighted by molar-refractivity contribution is 7.12. The Morgan fingerprint density at radius 2 is 1.74 bits per heavy atom. The fourth-order valence-corrected chi connectivity index (χ4v) is 3.55. The number of Topliss-reactive ketones (excluding diaryl/α,β-unsaturated/α-hetero) is 1. The number of amides is 1. The molecule has 2 rings (SSSR count). The summed E-state index contributed by atoms with van der Waals surface area (Å²) in [5.41, 5.74) is 1.32. The van der Waals surface area contributed by atoms with Crippen molar-refractivity contribution in [2.45, 2.75) is 39.6 Å². The lowest BCUT2D eigenvalue weighted by atomic mass is 10.1. The van der Waals surface area contributed by atoms with E-state index in [1.165, 1.54) is 29.2 Å². The third-order valence-corrected chi connectivity index (χ3v) is 4.88. The second kappa shape index (κ2) is 8.56. The van der Waals surface area contributed by atoms with E-state index in [1.807, 2.05) is 19.9 Å². The van der Waals surface area contributed by atoms with Crippen LogP contribution < -0.4 is 4.74 Å². The number of aryl methyl sites for hydroxylation is 2. The topological polar surface area (TPSA) is 46.6 Å². The molecule has 0 unspecified atom stereocenters. The van der Waals surface area contributed by atoms with Crippen LogP contribution in [0.15, 0.2) is 30.3 Å². The van der Waals surface area contributed by atoms with Gasteiger partial charge in [0.25, 0.3) is 0 Å². The Balaban J connectivity index is 1.86. The van der Waals surface area contributed by atoms with Gasteiger partial charge in [-0.25, -0.2) is 0 Å². The minimum absolute atomic E-state index is 0.0627. The summed E-state index contributed by atoms with van der Waals surface area (Å²) in [7, 11) is 1.59. The van der Waals surface area contributed by atoms with Crippen molar-refractivity contribution in [1.29, 1.82) is 0 Å². The summed E-state index contributed by atoms with van der Waals surface area (Å²) >= 11 is 1.55. The number of ketones is 1. The molecule has 0 fully saturated rings. The maximum absolute atomic E-state index is 12.2. The maximum Gasteiger partial charge on any atom is 0.573 e. The molecule has 8 heteroatoms. The van der Waals surface area contributed by atoms with Crippen molar-refractivity contribution in [3.05, 3.63) is 51.2 Å². The Bertz CT molecular complexity index is 813. The molecular formula is C19H20F3NO3S. The van der Waals surface area contributed by atoms with Crippen molar-refractivity contribution in [2.24, 2.45) is 0 Å². The van der Waals surface area contributed by atoms with E-state index in [0.29, 0.717) is 11.1 Å². The number of thiophene rings is 1. The van der Waals surface area contributed by atoms with E-state index in [9.17, 15) is 22.8 Å². The molecular weight excluding hydrogens is 379 g/mol. The number of nitrogens with zero attached hydrogens (tertiary/aromatic N) is 1. The molecule has 1 heterocycles. The Labute approximate surface area is 159 Å². The molecule has 0 aliphatic heterocycles. The van der Waals surface area contributed by atoms with Crippen LogP contribution >= 0.6 is 11.3 Å². The van der Waals surface area contributed by atoms with Gasteiger partial charge < -0.3 is 9.64 Å². The summed E-state index contributed by atoms with van der Waals surface area (Å²) < 4.78 is 40.3. The van der Waals surface area contributed by atoms with Crippen LogP contribution in [-0.2, 0) is 11.3 Å². The summed E-state index contributed by atoms with van der Waals surface area (Å²) in [5, 5.41) is 0. The number of benzene rings is 1. The first kappa shape index (κ1) is 21.0. The molecule has 0 N–H and O–H groups in total. The molecule has 1 aromatic heterocycles. The van der Waals surface area contributed by atoms with Crippen LogP contribution in [0.5, 0.6) is 5.75 Å². The van der Waals surface area contributed by atoms with Gasteiger partial charge in [-0.05, 0) is 37.6 Å². The smallest absolute Gasteiger partial charge is 0.406 e. The Hall–Kier alpha value is -2.35. The predicted octanol–water partition coefficient (Wildman–Crippen LogP) is 4.89. The van der Waals surface area contributed by atoms with E-state index in [4.69, 9.17) is 0 Å². The van der Waals surface area contributed by atoms with E-state index < -0.39 is 6.36 Å². The summed E-state index contributed by atoms with van der Waals surface area (Å²) in [6, 6.07) is 7.17. The molecule has 1 amide bonds. The molecule has 0 radical (unpaired) electrons. The molecule has 0 aliphatic carbocycles. The van der Waals surface area contributed by atoms with Crippen LogP contribution in [0.25, 0.3) is 0 Å². The number of carbonyl (C=O) groups is 2. The normalized spacial score (nSPS) is 11.3. The first-order valence-corrected chi connectivity index (χ1v) is 9.05. The van der Waals surface area contributed by atoms with Gasteiger partial charge in [0.2, 0.25) is 5.91 Å². The number of halogens is 3. The standard InChI is InChI=1S/C19H20F3NO3S/c1-12-10-16(13(2)27-12)17(24)8-9-18(25)23(3)11-14-4-6-15(7-5-14)26-19(20,21)22/h4-7,10H,8-9,11H2,1-3H3. The number of ether oxygens (including phenoxy) is 1. The average Bonchev–Trinajstić information content (AvgIpc) is 2.91. The molecule has 0 atom stereocenters. The summed E-state index contributed by atoms with van der Waals surface area (Å²) in [5.74, 6) is -0.580. The van der Waals surface area contributed by atoms with Crippen molar-refractivity contribution in [2.75, 3.05) is 7.05 Å². The van der Waals surface area contributed by atoms with Crippen LogP contribution in [0.3, 0.4) is 0 Å². The van der Waals surface area contributed by atoms with Crippen molar-refractivity contribution in [3.63, 3.8) is 0 Å². The number of hydrogen-bond donors (Lipinski definition) is 0. The van der Waals surface area contributed by atoms with Gasteiger partial charge >= 0.3 is 6.36 Å². The molecule has 27 heavy (non-hydrogen) atoms. The van der Waals surface area contributed by atoms with Gasteiger partial charge in [0.1, 0.15) is 5.75 Å². The first-order valence-electron chi connectivity index (χ1n) is 8.24. The lowest BCUT2D eigenvalue weighted by molar-refractivity contribution is -0.274. The first-order chi connectivity index (χ1) is 12.5. The van der Waals surface area contributed by atoms with Crippen LogP contribution in [0.2, 0.25) is 0 Å². The molecule has 0 bridgehead atoms. The lowest BCUT2D eigenvalue weighted by Gasteiger charge is -2.17. The van der Waals surface area contributed by atoms with Gasteiger partial charge in [0.05, 0.1) is 0 Å². The summed E-state index contributed by atoms with van der Waals surface area (Å²) in [4.78, 5) is 27.9. The van der Waals surface area contributed by atoms with Crippen molar-refractivity contribution in [3.8, 4) is 5.75 Å². The largest absolute Gasteiger partial charge is 0.573 e. The Morgan fingerprint density at radius 1 is 1.11 bits per heavy atom. The fourth-order valence-electron chi connectivity index (χ4n) is 2.61. The van der Waals surface area contributed by atoms with Gasteiger partial charge in [-0.3, -0.25) is 9.59 Å². The highest BCUT2D eigenvalue weighted by Gasteiger charge is 2.31. The van der Waals surface area contributed by atoms with Crippen molar-refractivity contribution in [1.82, 2.24) is 4.90 Å². The zero-order valence-electron chi connectivity index (χ0n) is 15.2. The second-order valence-electron chi connectivity index (χ2n) is 6.19. The molecule has 0 spiro atoms. The van der Waals surface area contributed by atoms with E-state index in [1.54, 1.807) is 18.4 Å². The van der Waals surface area contributed by atoms with Gasteiger partial charge in [0.15, 0.2) is 5.78 Å². The Morgan fingerprint density at radius 3 is 2.26 bits per heavy atom. The lowest BCUT2D eigenvalue weighted by Crippen LogP contribution is -2.26. The molecule has 0 saturated carbocycles. The zero-order chi connectivity index (χ0) is 20.2. The fraction of sp³-hybridized carbons (Fsp3) is 0.368. The quantitative estimate of drug-likeness (QED) is 0.623. The third kappa shape index (κ3) is 6.39. The molecule has 2 aromatic rings. The highest BCUT2D eigenvalue weighted by Crippen LogP contribution is 2.24. The van der Waals surface area contributed by atoms with Crippen LogP contribution in [0.1, 0.15) is 38.5 Å². The SMILES string of the molecule is Cc1cc(C(=O)CCC(=O)N(C)Cc2ccc(OC(F)(F)F)cc2)c(C)s1. The van der Waals surface area contributed by atoms with E-state index >= 15 is 0 Å². The van der Waals surface area contributed by atoms with E-state index in [2.05, 4.69) is 4.74 Å². The summed E-state index contributed by atoms with van der Waals surface area (Å²) in [6.07, 6.45) is -4.53. The number of hydrogen-bond acceptors (Lipinski definition) is 4. The molecule has 0 saturated heterocycles. The van der Waals surface area contributed by atoms with E-state index in [0.717, 1.165) is 9.75 Å². The van der Waals surface area contributed by atoms with Gasteiger partial charge in [0, 0.05) is 41.8 Å². The molecule has 4 nitrogen and oxygen atoms in total. The average molecular weight is 399 g/mol. The monoisotopic (exact) mass is 399 g/mol.